The van der Waals surface area contributed by atoms with Crippen LogP contribution in [0.15, 0.2) is 24.3 Å². The van der Waals surface area contributed by atoms with Gasteiger partial charge >= 0.3 is 7.82 Å². The molecule has 8 nitrogen and oxygen atoms in total. The molecule has 0 saturated carbocycles. The number of phosphoric ester groups is 1. The summed E-state index contributed by atoms with van der Waals surface area (Å²) >= 11 is 0. The molecule has 3 atom stereocenters. The summed E-state index contributed by atoms with van der Waals surface area (Å²) in [4.78, 5) is 23.2. The molecule has 338 valence electrons. The molecule has 0 aromatic rings. The molecule has 0 aromatic heterocycles. The number of rotatable bonds is 44. The highest BCUT2D eigenvalue weighted by molar-refractivity contribution is 7.47. The fourth-order valence-corrected chi connectivity index (χ4v) is 7.77. The second-order valence-corrected chi connectivity index (χ2v) is 19.3. The molecule has 0 radical (unpaired) electrons. The van der Waals surface area contributed by atoms with Gasteiger partial charge in [-0.05, 0) is 44.9 Å². The number of allylic oxidation sites excluding steroid dienone is 3. The van der Waals surface area contributed by atoms with E-state index in [4.69, 9.17) is 9.05 Å². The average molecular weight is 828 g/mol. The number of carbonyl (C=O) groups is 1. The minimum Gasteiger partial charge on any atom is -0.387 e. The summed E-state index contributed by atoms with van der Waals surface area (Å²) in [5.74, 6) is -0.178. The third-order valence-electron chi connectivity index (χ3n) is 10.9. The van der Waals surface area contributed by atoms with Gasteiger partial charge in [0.05, 0.1) is 39.9 Å². The van der Waals surface area contributed by atoms with Gasteiger partial charge in [0.15, 0.2) is 0 Å². The van der Waals surface area contributed by atoms with E-state index in [1.165, 1.54) is 167 Å². The van der Waals surface area contributed by atoms with Crippen molar-refractivity contribution in [3.63, 3.8) is 0 Å². The number of carbonyl (C=O) groups excluding carboxylic acids is 1. The quantitative estimate of drug-likeness (QED) is 0.0244. The Hall–Kier alpha value is -1.02. The molecule has 0 spiro atoms. The maximum absolute atomic E-state index is 12.9. The normalized spacial score (nSPS) is 14.4. The number of hydrogen-bond donors (Lipinski definition) is 3. The standard InChI is InChI=1S/C48H95N2O6P/c1-6-8-10-12-14-16-18-20-22-23-24-25-26-27-28-30-32-34-36-38-40-42-48(52)49-46(45-56-57(53,54)55-44-43-50(3,4)5)47(51)41-39-37-35-33-31-29-21-19-17-15-13-11-9-7-2/h23-24,39,41,46-47,51H,6-22,25-38,40,42-45H2,1-5H3,(H-,49,52,53,54)/p+1/b24-23-,41-39+. The van der Waals surface area contributed by atoms with Crippen LogP contribution in [0.25, 0.3) is 0 Å². The molecule has 0 aliphatic rings. The van der Waals surface area contributed by atoms with Gasteiger partial charge in [0.1, 0.15) is 13.2 Å². The lowest BCUT2D eigenvalue weighted by Crippen LogP contribution is -2.45. The predicted octanol–water partition coefficient (Wildman–Crippen LogP) is 13.7. The van der Waals surface area contributed by atoms with Gasteiger partial charge in [0, 0.05) is 6.42 Å². The largest absolute Gasteiger partial charge is 0.472 e. The molecule has 57 heavy (non-hydrogen) atoms. The zero-order valence-corrected chi connectivity index (χ0v) is 39.2. The van der Waals surface area contributed by atoms with E-state index in [0.29, 0.717) is 17.4 Å². The number of nitrogens with zero attached hydrogens (tertiary/aromatic N) is 1. The molecule has 0 aliphatic heterocycles. The number of likely N-dealkylation sites (N-methyl/N-ethyl adjacent to an activating group) is 1. The lowest BCUT2D eigenvalue weighted by atomic mass is 10.0. The Balaban J connectivity index is 4.31. The number of amides is 1. The Kier molecular flexibility index (Phi) is 39.7. The summed E-state index contributed by atoms with van der Waals surface area (Å²) in [6.45, 7) is 4.82. The van der Waals surface area contributed by atoms with E-state index in [2.05, 4.69) is 31.3 Å². The van der Waals surface area contributed by atoms with E-state index < -0.39 is 20.0 Å². The third kappa shape index (κ3) is 42.9. The number of phosphoric acid groups is 1. The maximum atomic E-state index is 12.9. The fraction of sp³-hybridized carbons (Fsp3) is 0.896. The van der Waals surface area contributed by atoms with Crippen LogP contribution in [0.5, 0.6) is 0 Å². The van der Waals surface area contributed by atoms with Crippen molar-refractivity contribution < 1.29 is 32.9 Å². The van der Waals surface area contributed by atoms with Crippen molar-refractivity contribution in [2.45, 2.75) is 238 Å². The monoisotopic (exact) mass is 828 g/mol. The first-order chi connectivity index (χ1) is 27.5. The molecular formula is C48H96N2O6P+. The molecule has 0 fully saturated rings. The van der Waals surface area contributed by atoms with Crippen LogP contribution in [-0.2, 0) is 18.4 Å². The number of aliphatic hydroxyl groups excluding tert-OH is 1. The molecule has 0 rings (SSSR count). The zero-order valence-electron chi connectivity index (χ0n) is 38.3. The minimum absolute atomic E-state index is 0.0624. The van der Waals surface area contributed by atoms with Crippen molar-refractivity contribution >= 4 is 13.7 Å². The number of unbranched alkanes of at least 4 members (excludes halogenated alkanes) is 29. The highest BCUT2D eigenvalue weighted by atomic mass is 31.2. The smallest absolute Gasteiger partial charge is 0.387 e. The third-order valence-corrected chi connectivity index (χ3v) is 11.9. The van der Waals surface area contributed by atoms with Gasteiger partial charge in [-0.15, -0.1) is 0 Å². The number of aliphatic hydroxyl groups is 1. The summed E-state index contributed by atoms with van der Waals surface area (Å²) in [5.41, 5.74) is 0. The first kappa shape index (κ1) is 56.0. The van der Waals surface area contributed by atoms with Crippen molar-refractivity contribution in [3.05, 3.63) is 24.3 Å². The topological polar surface area (TPSA) is 105 Å². The Labute approximate surface area is 354 Å². The maximum Gasteiger partial charge on any atom is 0.472 e. The van der Waals surface area contributed by atoms with Crippen molar-refractivity contribution in [2.24, 2.45) is 0 Å². The van der Waals surface area contributed by atoms with Crippen LogP contribution in [0.1, 0.15) is 226 Å². The summed E-state index contributed by atoms with van der Waals surface area (Å²) in [6.07, 6.45) is 48.2. The highest BCUT2D eigenvalue weighted by Crippen LogP contribution is 2.43. The molecule has 0 aliphatic carbocycles. The van der Waals surface area contributed by atoms with E-state index in [-0.39, 0.29) is 19.1 Å². The highest BCUT2D eigenvalue weighted by Gasteiger charge is 2.27. The summed E-state index contributed by atoms with van der Waals surface area (Å²) in [7, 11) is 1.58. The Morgan fingerprint density at radius 3 is 1.35 bits per heavy atom. The first-order valence-electron chi connectivity index (χ1n) is 24.2. The van der Waals surface area contributed by atoms with E-state index >= 15 is 0 Å². The average Bonchev–Trinajstić information content (AvgIpc) is 3.16. The lowest BCUT2D eigenvalue weighted by molar-refractivity contribution is -0.870. The molecule has 3 unspecified atom stereocenters. The Bertz CT molecular complexity index is 984. The first-order valence-corrected chi connectivity index (χ1v) is 25.7. The van der Waals surface area contributed by atoms with Crippen LogP contribution in [0.4, 0.5) is 0 Å². The minimum atomic E-state index is -4.34. The SMILES string of the molecule is CCCCCCCCCC/C=C\CCCCCCCCCCCC(=O)NC(COP(=O)(O)OCC[N+](C)(C)C)C(O)/C=C/CCCCCCCCCCCCCC. The van der Waals surface area contributed by atoms with Gasteiger partial charge in [0.25, 0.3) is 0 Å². The number of nitrogens with one attached hydrogen (secondary N) is 1. The van der Waals surface area contributed by atoms with Gasteiger partial charge in [-0.1, -0.05) is 199 Å². The molecule has 0 aromatic carbocycles. The zero-order chi connectivity index (χ0) is 42.1. The predicted molar refractivity (Wildman–Crippen MR) is 245 cm³/mol. The van der Waals surface area contributed by atoms with Crippen molar-refractivity contribution in [1.82, 2.24) is 5.32 Å². The van der Waals surface area contributed by atoms with E-state index in [0.717, 1.165) is 38.5 Å². The molecule has 1 amide bonds. The lowest BCUT2D eigenvalue weighted by Gasteiger charge is -2.25. The number of hydrogen-bond acceptors (Lipinski definition) is 5. The second-order valence-electron chi connectivity index (χ2n) is 17.8. The molecule has 3 N–H and O–H groups in total. The Morgan fingerprint density at radius 1 is 0.579 bits per heavy atom. The van der Waals surface area contributed by atoms with Gasteiger partial charge in [0.2, 0.25) is 5.91 Å². The molecule has 0 heterocycles. The van der Waals surface area contributed by atoms with Gasteiger partial charge < -0.3 is 19.8 Å². The van der Waals surface area contributed by atoms with E-state index in [1.807, 2.05) is 27.2 Å². The van der Waals surface area contributed by atoms with Crippen molar-refractivity contribution in [2.75, 3.05) is 40.9 Å². The van der Waals surface area contributed by atoms with Crippen LogP contribution >= 0.6 is 7.82 Å². The van der Waals surface area contributed by atoms with Gasteiger partial charge in [-0.25, -0.2) is 4.57 Å². The molecular weight excluding hydrogens is 732 g/mol. The molecule has 9 heteroatoms. The van der Waals surface area contributed by atoms with Crippen molar-refractivity contribution in [3.8, 4) is 0 Å². The van der Waals surface area contributed by atoms with Crippen LogP contribution in [0, 0.1) is 0 Å². The van der Waals surface area contributed by atoms with Crippen LogP contribution in [-0.4, -0.2) is 73.4 Å². The summed E-state index contributed by atoms with van der Waals surface area (Å²) < 4.78 is 23.6. The molecule has 0 bridgehead atoms. The fourth-order valence-electron chi connectivity index (χ4n) is 7.04. The molecule has 0 saturated heterocycles. The van der Waals surface area contributed by atoms with Crippen LogP contribution in [0.2, 0.25) is 0 Å². The summed E-state index contributed by atoms with van der Waals surface area (Å²) in [6, 6.07) is -0.844. The Morgan fingerprint density at radius 2 is 0.947 bits per heavy atom. The van der Waals surface area contributed by atoms with Crippen LogP contribution < -0.4 is 5.32 Å². The van der Waals surface area contributed by atoms with Gasteiger partial charge in [-0.3, -0.25) is 13.8 Å². The number of quaternary nitrogens is 1. The van der Waals surface area contributed by atoms with E-state index in [1.54, 1.807) is 6.08 Å². The van der Waals surface area contributed by atoms with Crippen molar-refractivity contribution in [1.29, 1.82) is 0 Å². The second kappa shape index (κ2) is 40.4. The summed E-state index contributed by atoms with van der Waals surface area (Å²) in [5, 5.41) is 13.8. The van der Waals surface area contributed by atoms with Gasteiger partial charge in [-0.2, -0.15) is 0 Å². The van der Waals surface area contributed by atoms with E-state index in [9.17, 15) is 19.4 Å². The van der Waals surface area contributed by atoms with Crippen LogP contribution in [0.3, 0.4) is 0 Å².